The summed E-state index contributed by atoms with van der Waals surface area (Å²) in [6, 6.07) is 7.45. The van der Waals surface area contributed by atoms with Gasteiger partial charge in [-0.05, 0) is 26.0 Å². The van der Waals surface area contributed by atoms with E-state index in [1.165, 1.54) is 0 Å². The van der Waals surface area contributed by atoms with Crippen molar-refractivity contribution in [3.8, 4) is 0 Å². The van der Waals surface area contributed by atoms with Gasteiger partial charge in [-0.15, -0.1) is 0 Å². The van der Waals surface area contributed by atoms with E-state index >= 15 is 0 Å². The number of aromatic nitrogens is 2. The third-order valence-electron chi connectivity index (χ3n) is 2.96. The lowest BCUT2D eigenvalue weighted by Crippen LogP contribution is -2.37. The number of nitrogens with zero attached hydrogens (tertiary/aromatic N) is 2. The summed E-state index contributed by atoms with van der Waals surface area (Å²) >= 11 is 0. The van der Waals surface area contributed by atoms with Gasteiger partial charge in [0.1, 0.15) is 0 Å². The monoisotopic (exact) mass is 259 g/mol. The van der Waals surface area contributed by atoms with Gasteiger partial charge in [0.15, 0.2) is 11.6 Å². The van der Waals surface area contributed by atoms with Gasteiger partial charge in [0, 0.05) is 6.54 Å². The first-order valence-electron chi connectivity index (χ1n) is 5.96. The van der Waals surface area contributed by atoms with Gasteiger partial charge in [-0.3, -0.25) is 4.79 Å². The summed E-state index contributed by atoms with van der Waals surface area (Å²) in [5.41, 5.74) is 12.0. The molecule has 0 aliphatic heterocycles. The van der Waals surface area contributed by atoms with Crippen LogP contribution in [0.3, 0.4) is 0 Å². The van der Waals surface area contributed by atoms with Gasteiger partial charge in [-0.25, -0.2) is 9.97 Å². The van der Waals surface area contributed by atoms with Crippen LogP contribution in [0.25, 0.3) is 11.0 Å². The van der Waals surface area contributed by atoms with Gasteiger partial charge in [-0.1, -0.05) is 12.1 Å². The van der Waals surface area contributed by atoms with Crippen LogP contribution in [0.2, 0.25) is 0 Å². The topological polar surface area (TPSA) is 107 Å². The fourth-order valence-corrected chi connectivity index (χ4v) is 1.54. The number of carbonyl (C=O) groups excluding carboxylic acids is 1. The SMILES string of the molecule is CC(C)(CNc1nc2ccccc2nc1N)C(N)=O. The highest BCUT2D eigenvalue weighted by Crippen LogP contribution is 2.21. The number of para-hydroxylation sites is 2. The van der Waals surface area contributed by atoms with Crippen LogP contribution in [0.4, 0.5) is 11.6 Å². The second-order valence-electron chi connectivity index (χ2n) is 5.05. The van der Waals surface area contributed by atoms with E-state index in [4.69, 9.17) is 11.5 Å². The number of nitrogens with two attached hydrogens (primary N) is 2. The molecule has 19 heavy (non-hydrogen) atoms. The molecule has 0 atom stereocenters. The number of hydrogen-bond acceptors (Lipinski definition) is 5. The zero-order valence-corrected chi connectivity index (χ0v) is 11.0. The normalized spacial score (nSPS) is 11.5. The van der Waals surface area contributed by atoms with E-state index in [1.54, 1.807) is 13.8 Å². The van der Waals surface area contributed by atoms with Gasteiger partial charge >= 0.3 is 0 Å². The third kappa shape index (κ3) is 2.73. The van der Waals surface area contributed by atoms with Crippen molar-refractivity contribution in [3.05, 3.63) is 24.3 Å². The highest BCUT2D eigenvalue weighted by atomic mass is 16.1. The zero-order valence-electron chi connectivity index (χ0n) is 11.0. The minimum atomic E-state index is -0.681. The molecule has 0 spiro atoms. The molecule has 1 aromatic heterocycles. The molecule has 6 nitrogen and oxygen atoms in total. The number of fused-ring (bicyclic) bond motifs is 1. The van der Waals surface area contributed by atoms with Crippen molar-refractivity contribution in [2.45, 2.75) is 13.8 Å². The highest BCUT2D eigenvalue weighted by Gasteiger charge is 2.25. The predicted octanol–water partition coefficient (Wildman–Crippen LogP) is 1.14. The molecule has 1 amide bonds. The van der Waals surface area contributed by atoms with Crippen LogP contribution >= 0.6 is 0 Å². The lowest BCUT2D eigenvalue weighted by Gasteiger charge is -2.21. The first-order valence-corrected chi connectivity index (χ1v) is 5.96. The Morgan fingerprint density at radius 2 is 1.84 bits per heavy atom. The van der Waals surface area contributed by atoms with Crippen molar-refractivity contribution in [1.29, 1.82) is 0 Å². The molecule has 6 heteroatoms. The molecule has 1 aromatic carbocycles. The van der Waals surface area contributed by atoms with Crippen molar-refractivity contribution in [3.63, 3.8) is 0 Å². The molecule has 100 valence electrons. The fraction of sp³-hybridized carbons (Fsp3) is 0.308. The quantitative estimate of drug-likeness (QED) is 0.763. The Morgan fingerprint density at radius 3 is 2.42 bits per heavy atom. The Hall–Kier alpha value is -2.37. The Bertz CT molecular complexity index is 623. The summed E-state index contributed by atoms with van der Waals surface area (Å²) in [7, 11) is 0. The number of nitrogen functional groups attached to an aromatic ring is 1. The second kappa shape index (κ2) is 4.72. The number of rotatable bonds is 4. The van der Waals surface area contributed by atoms with E-state index in [0.29, 0.717) is 18.2 Å². The Labute approximate surface area is 111 Å². The lowest BCUT2D eigenvalue weighted by atomic mass is 9.93. The molecule has 0 unspecified atom stereocenters. The van der Waals surface area contributed by atoms with E-state index in [1.807, 2.05) is 24.3 Å². The van der Waals surface area contributed by atoms with Crippen molar-refractivity contribution in [2.75, 3.05) is 17.6 Å². The molecular formula is C13H17N5O. The Balaban J connectivity index is 2.26. The van der Waals surface area contributed by atoms with Crippen molar-refractivity contribution < 1.29 is 4.79 Å². The molecule has 0 aliphatic carbocycles. The largest absolute Gasteiger partial charge is 0.381 e. The van der Waals surface area contributed by atoms with Crippen molar-refractivity contribution in [2.24, 2.45) is 11.1 Å². The van der Waals surface area contributed by atoms with E-state index in [2.05, 4.69) is 15.3 Å². The smallest absolute Gasteiger partial charge is 0.224 e. The molecule has 0 fully saturated rings. The number of hydrogen-bond donors (Lipinski definition) is 3. The van der Waals surface area contributed by atoms with Crippen molar-refractivity contribution >= 4 is 28.6 Å². The first kappa shape index (κ1) is 13.1. The van der Waals surface area contributed by atoms with E-state index in [-0.39, 0.29) is 5.91 Å². The van der Waals surface area contributed by atoms with E-state index in [0.717, 1.165) is 11.0 Å². The molecular weight excluding hydrogens is 242 g/mol. The highest BCUT2D eigenvalue weighted by molar-refractivity contribution is 5.82. The number of primary amides is 1. The maximum Gasteiger partial charge on any atom is 0.224 e. The number of amides is 1. The summed E-state index contributed by atoms with van der Waals surface area (Å²) in [5, 5.41) is 3.03. The van der Waals surface area contributed by atoms with E-state index < -0.39 is 5.41 Å². The molecule has 2 rings (SSSR count). The van der Waals surface area contributed by atoms with Crippen LogP contribution in [-0.2, 0) is 4.79 Å². The first-order chi connectivity index (χ1) is 8.90. The molecule has 0 saturated carbocycles. The molecule has 0 aliphatic rings. The maximum atomic E-state index is 11.3. The second-order valence-corrected chi connectivity index (χ2v) is 5.05. The summed E-state index contributed by atoms with van der Waals surface area (Å²) in [6.07, 6.45) is 0. The van der Waals surface area contributed by atoms with Crippen LogP contribution in [-0.4, -0.2) is 22.4 Å². The van der Waals surface area contributed by atoms with Crippen LogP contribution in [0.1, 0.15) is 13.8 Å². The lowest BCUT2D eigenvalue weighted by molar-refractivity contribution is -0.125. The summed E-state index contributed by atoms with van der Waals surface area (Å²) in [4.78, 5) is 19.9. The zero-order chi connectivity index (χ0) is 14.0. The van der Waals surface area contributed by atoms with Gasteiger partial charge in [0.05, 0.1) is 16.4 Å². The average Bonchev–Trinajstić information content (AvgIpc) is 2.36. The van der Waals surface area contributed by atoms with Gasteiger partial charge in [0.2, 0.25) is 5.91 Å². The summed E-state index contributed by atoms with van der Waals surface area (Å²) in [6.45, 7) is 3.86. The fourth-order valence-electron chi connectivity index (χ4n) is 1.54. The maximum absolute atomic E-state index is 11.3. The van der Waals surface area contributed by atoms with Crippen LogP contribution in [0, 0.1) is 5.41 Å². The molecule has 0 bridgehead atoms. The average molecular weight is 259 g/mol. The number of benzene rings is 1. The summed E-state index contributed by atoms with van der Waals surface area (Å²) < 4.78 is 0. The minimum absolute atomic E-state index is 0.305. The molecule has 5 N–H and O–H groups in total. The molecule has 2 aromatic rings. The Morgan fingerprint density at radius 1 is 1.26 bits per heavy atom. The van der Waals surface area contributed by atoms with Crippen LogP contribution in [0.15, 0.2) is 24.3 Å². The van der Waals surface area contributed by atoms with Gasteiger partial charge in [-0.2, -0.15) is 0 Å². The predicted molar refractivity (Wildman–Crippen MR) is 75.4 cm³/mol. The van der Waals surface area contributed by atoms with Gasteiger partial charge in [0.25, 0.3) is 0 Å². The molecule has 1 heterocycles. The van der Waals surface area contributed by atoms with Crippen LogP contribution < -0.4 is 16.8 Å². The van der Waals surface area contributed by atoms with Crippen LogP contribution in [0.5, 0.6) is 0 Å². The van der Waals surface area contributed by atoms with E-state index in [9.17, 15) is 4.79 Å². The molecule has 0 saturated heterocycles. The van der Waals surface area contributed by atoms with Crippen molar-refractivity contribution in [1.82, 2.24) is 9.97 Å². The number of carbonyl (C=O) groups is 1. The van der Waals surface area contributed by atoms with Gasteiger partial charge < -0.3 is 16.8 Å². The summed E-state index contributed by atoms with van der Waals surface area (Å²) in [5.74, 6) is 0.388. The number of anilines is 2. The number of nitrogens with one attached hydrogen (secondary N) is 1. The Kier molecular flexibility index (Phi) is 3.25. The third-order valence-corrected chi connectivity index (χ3v) is 2.96. The minimum Gasteiger partial charge on any atom is -0.381 e. The standard InChI is InChI=1S/C13H17N5O/c1-13(2,12(15)19)7-16-11-10(14)17-8-5-3-4-6-9(8)18-11/h3-6H,7H2,1-2H3,(H2,14,17)(H2,15,19)(H,16,18). The molecule has 0 radical (unpaired) electrons.